The van der Waals surface area contributed by atoms with Gasteiger partial charge in [0.2, 0.25) is 0 Å². The minimum absolute atomic E-state index is 0.0582. The smallest absolute Gasteiger partial charge is 0.358 e. The van der Waals surface area contributed by atoms with Crippen molar-refractivity contribution in [3.8, 4) is 10.8 Å². The molecule has 0 aliphatic carbocycles. The summed E-state index contributed by atoms with van der Waals surface area (Å²) in [6.07, 6.45) is 3.14. The van der Waals surface area contributed by atoms with Crippen LogP contribution in [-0.4, -0.2) is 33.4 Å². The van der Waals surface area contributed by atoms with Crippen LogP contribution in [0.2, 0.25) is 15.1 Å². The average Bonchev–Trinajstić information content (AvgIpc) is 3.15. The predicted molar refractivity (Wildman–Crippen MR) is 104 cm³/mol. The predicted octanol–water partition coefficient (Wildman–Crippen LogP) is 4.36. The summed E-state index contributed by atoms with van der Waals surface area (Å²) >= 11 is 18.9. The van der Waals surface area contributed by atoms with Gasteiger partial charge in [0.05, 0.1) is 20.8 Å². The van der Waals surface area contributed by atoms with E-state index in [1.807, 2.05) is 0 Å². The molecule has 1 amide bonds. The lowest BCUT2D eigenvalue weighted by molar-refractivity contribution is -0.119. The van der Waals surface area contributed by atoms with Crippen molar-refractivity contribution in [1.82, 2.24) is 15.0 Å². The van der Waals surface area contributed by atoms with Crippen LogP contribution in [0.3, 0.4) is 0 Å². The molecule has 3 aromatic rings. The largest absolute Gasteiger partial charge is 0.451 e. The van der Waals surface area contributed by atoms with Gasteiger partial charge in [-0.2, -0.15) is 0 Å². The summed E-state index contributed by atoms with van der Waals surface area (Å²) in [4.78, 5) is 36.2. The Morgan fingerprint density at radius 1 is 1.07 bits per heavy atom. The zero-order valence-electron chi connectivity index (χ0n) is 13.3. The summed E-state index contributed by atoms with van der Waals surface area (Å²) in [5.74, 6) is -0.942. The van der Waals surface area contributed by atoms with Crippen LogP contribution in [0.1, 0.15) is 10.5 Å². The minimum Gasteiger partial charge on any atom is -0.451 e. The number of thiazole rings is 1. The Bertz CT molecular complexity index is 998. The molecule has 3 rings (SSSR count). The first-order chi connectivity index (χ1) is 12.9. The molecule has 0 bridgehead atoms. The molecule has 0 unspecified atom stereocenters. The molecule has 0 radical (unpaired) electrons. The van der Waals surface area contributed by atoms with E-state index in [4.69, 9.17) is 39.5 Å². The van der Waals surface area contributed by atoms with Gasteiger partial charge in [0.25, 0.3) is 5.91 Å². The van der Waals surface area contributed by atoms with Crippen molar-refractivity contribution in [2.75, 3.05) is 11.9 Å². The van der Waals surface area contributed by atoms with Gasteiger partial charge in [-0.1, -0.05) is 34.8 Å². The molecule has 0 aliphatic rings. The van der Waals surface area contributed by atoms with E-state index in [9.17, 15) is 9.59 Å². The maximum Gasteiger partial charge on any atom is 0.358 e. The van der Waals surface area contributed by atoms with Crippen molar-refractivity contribution >= 4 is 63.7 Å². The van der Waals surface area contributed by atoms with Gasteiger partial charge in [0.15, 0.2) is 23.1 Å². The summed E-state index contributed by atoms with van der Waals surface area (Å²) in [7, 11) is 0. The Labute approximate surface area is 172 Å². The first-order valence-electron chi connectivity index (χ1n) is 7.28. The zero-order chi connectivity index (χ0) is 19.4. The third kappa shape index (κ3) is 4.92. The molecule has 0 spiro atoms. The van der Waals surface area contributed by atoms with Gasteiger partial charge in [-0.15, -0.1) is 11.3 Å². The van der Waals surface area contributed by atoms with Gasteiger partial charge < -0.3 is 10.1 Å². The molecule has 0 aliphatic heterocycles. The van der Waals surface area contributed by atoms with Gasteiger partial charge in [-0.05, 0) is 18.2 Å². The maximum absolute atomic E-state index is 12.0. The van der Waals surface area contributed by atoms with Crippen molar-refractivity contribution in [3.63, 3.8) is 0 Å². The van der Waals surface area contributed by atoms with Crippen LogP contribution in [0.25, 0.3) is 10.8 Å². The van der Waals surface area contributed by atoms with Gasteiger partial charge in [-0.3, -0.25) is 4.79 Å². The lowest BCUT2D eigenvalue weighted by Gasteiger charge is -2.09. The second kappa shape index (κ2) is 8.62. The fourth-order valence-corrected chi connectivity index (χ4v) is 3.22. The number of carbonyl (C=O) groups is 2. The summed E-state index contributed by atoms with van der Waals surface area (Å²) in [5.41, 5.74) is 0.312. The van der Waals surface area contributed by atoms with Crippen molar-refractivity contribution < 1.29 is 14.3 Å². The first-order valence-corrected chi connectivity index (χ1v) is 9.30. The number of hydrogen-bond acceptors (Lipinski definition) is 7. The number of hydrogen-bond donors (Lipinski definition) is 1. The maximum atomic E-state index is 12.0. The third-order valence-corrected chi connectivity index (χ3v) is 4.96. The molecular weight excluding hydrogens is 435 g/mol. The number of esters is 1. The van der Waals surface area contributed by atoms with E-state index < -0.39 is 18.5 Å². The molecule has 1 aromatic carbocycles. The molecular formula is C16H9Cl3N4O3S. The Balaban J connectivity index is 1.59. The van der Waals surface area contributed by atoms with E-state index in [1.54, 1.807) is 18.5 Å². The molecule has 0 atom stereocenters. The number of ether oxygens (including phenoxy) is 1. The zero-order valence-corrected chi connectivity index (χ0v) is 16.4. The number of rotatable bonds is 5. The van der Waals surface area contributed by atoms with E-state index in [0.29, 0.717) is 10.8 Å². The molecule has 0 fully saturated rings. The van der Waals surface area contributed by atoms with E-state index in [2.05, 4.69) is 20.3 Å². The van der Waals surface area contributed by atoms with Gasteiger partial charge in [-0.25, -0.2) is 19.7 Å². The van der Waals surface area contributed by atoms with Crippen LogP contribution in [0.4, 0.5) is 5.69 Å². The number of aromatic nitrogens is 3. The van der Waals surface area contributed by atoms with Gasteiger partial charge in [0, 0.05) is 17.8 Å². The van der Waals surface area contributed by atoms with Crippen molar-refractivity contribution in [2.45, 2.75) is 0 Å². The van der Waals surface area contributed by atoms with Gasteiger partial charge in [0.1, 0.15) is 0 Å². The van der Waals surface area contributed by atoms with Crippen LogP contribution in [-0.2, 0) is 9.53 Å². The molecule has 0 saturated carbocycles. The highest BCUT2D eigenvalue weighted by Crippen LogP contribution is 2.32. The quantitative estimate of drug-likeness (QED) is 0.465. The van der Waals surface area contributed by atoms with Crippen molar-refractivity contribution in [3.05, 3.63) is 56.7 Å². The molecule has 27 heavy (non-hydrogen) atoms. The Kier molecular flexibility index (Phi) is 6.22. The monoisotopic (exact) mass is 442 g/mol. The average molecular weight is 444 g/mol. The number of nitrogens with one attached hydrogen (secondary N) is 1. The number of nitrogens with zero attached hydrogens (tertiary/aromatic N) is 3. The second-order valence-corrected chi connectivity index (χ2v) is 7.06. The van der Waals surface area contributed by atoms with Crippen LogP contribution >= 0.6 is 46.1 Å². The molecule has 0 saturated heterocycles. The molecule has 138 valence electrons. The van der Waals surface area contributed by atoms with E-state index in [0.717, 1.165) is 0 Å². The summed E-state index contributed by atoms with van der Waals surface area (Å²) < 4.78 is 4.96. The first kappa shape index (κ1) is 19.5. The number of halogens is 3. The van der Waals surface area contributed by atoms with Crippen molar-refractivity contribution in [1.29, 1.82) is 0 Å². The molecule has 11 heteroatoms. The van der Waals surface area contributed by atoms with Gasteiger partial charge >= 0.3 is 5.97 Å². The fourth-order valence-electron chi connectivity index (χ4n) is 1.89. The molecule has 2 heterocycles. The Morgan fingerprint density at radius 2 is 1.78 bits per heavy atom. The summed E-state index contributed by atoms with van der Waals surface area (Å²) in [5, 5.41) is 5.15. The minimum atomic E-state index is -0.746. The van der Waals surface area contributed by atoms with Crippen LogP contribution < -0.4 is 5.32 Å². The molecule has 1 N–H and O–H groups in total. The van der Waals surface area contributed by atoms with E-state index in [1.165, 1.54) is 28.8 Å². The third-order valence-electron chi connectivity index (χ3n) is 3.09. The standard InChI is InChI=1S/C16H9Cl3N4O3S/c17-8-4-10(19)11(5-9(8)18)22-13(24)6-26-16(25)12-7-27-15(23-12)14-20-2-1-3-21-14/h1-5,7H,6H2,(H,22,24). The SMILES string of the molecule is O=C(COC(=O)c1csc(-c2ncccn2)n1)Nc1cc(Cl)c(Cl)cc1Cl. The molecule has 2 aromatic heterocycles. The van der Waals surface area contributed by atoms with Crippen LogP contribution in [0, 0.1) is 0 Å². The van der Waals surface area contributed by atoms with Crippen LogP contribution in [0.15, 0.2) is 36.0 Å². The van der Waals surface area contributed by atoms with Crippen molar-refractivity contribution in [2.24, 2.45) is 0 Å². The lowest BCUT2D eigenvalue weighted by Crippen LogP contribution is -2.21. The van der Waals surface area contributed by atoms with Crippen LogP contribution in [0.5, 0.6) is 0 Å². The highest BCUT2D eigenvalue weighted by Gasteiger charge is 2.16. The normalized spacial score (nSPS) is 10.5. The lowest BCUT2D eigenvalue weighted by atomic mass is 10.3. The number of amides is 1. The topological polar surface area (TPSA) is 94.1 Å². The van der Waals surface area contributed by atoms with E-state index >= 15 is 0 Å². The highest BCUT2D eigenvalue weighted by molar-refractivity contribution is 7.13. The fraction of sp³-hybridized carbons (Fsp3) is 0.0625. The number of anilines is 1. The van der Waals surface area contributed by atoms with E-state index in [-0.39, 0.29) is 26.4 Å². The molecule has 7 nitrogen and oxygen atoms in total. The number of benzene rings is 1. The Hall–Kier alpha value is -2.26. The summed E-state index contributed by atoms with van der Waals surface area (Å²) in [6, 6.07) is 4.47. The second-order valence-electron chi connectivity index (χ2n) is 4.98. The Morgan fingerprint density at radius 3 is 2.52 bits per heavy atom. The number of carbonyl (C=O) groups excluding carboxylic acids is 2. The highest BCUT2D eigenvalue weighted by atomic mass is 35.5. The summed E-state index contributed by atoms with van der Waals surface area (Å²) in [6.45, 7) is -0.524.